The Morgan fingerprint density at radius 3 is 2.91 bits per heavy atom. The number of hydrogen-bond donors (Lipinski definition) is 2. The lowest BCUT2D eigenvalue weighted by molar-refractivity contribution is 0.0934. The Hall–Kier alpha value is -2.94. The Bertz CT molecular complexity index is 708. The summed E-state index contributed by atoms with van der Waals surface area (Å²) in [5.74, 6) is 0.268. The molecule has 0 fully saturated rings. The SMILES string of the molecule is CCC(C)NC(=O)c1cc(Nc2cccc(C#N)c2)ncn1. The zero-order chi connectivity index (χ0) is 15.9. The third kappa shape index (κ3) is 4.03. The minimum atomic E-state index is -0.231. The number of amides is 1. The van der Waals surface area contributed by atoms with Crippen LogP contribution in [0.4, 0.5) is 11.5 Å². The van der Waals surface area contributed by atoms with Crippen LogP contribution in [0.5, 0.6) is 0 Å². The molecule has 2 rings (SSSR count). The number of aromatic nitrogens is 2. The van der Waals surface area contributed by atoms with Gasteiger partial charge < -0.3 is 10.6 Å². The molecule has 1 heterocycles. The van der Waals surface area contributed by atoms with Crippen molar-refractivity contribution < 1.29 is 4.79 Å². The summed E-state index contributed by atoms with van der Waals surface area (Å²) in [6.07, 6.45) is 2.19. The van der Waals surface area contributed by atoms with E-state index >= 15 is 0 Å². The van der Waals surface area contributed by atoms with E-state index in [9.17, 15) is 4.79 Å². The first-order chi connectivity index (χ1) is 10.6. The topological polar surface area (TPSA) is 90.7 Å². The van der Waals surface area contributed by atoms with Crippen LogP contribution < -0.4 is 10.6 Å². The van der Waals surface area contributed by atoms with E-state index in [1.165, 1.54) is 6.33 Å². The number of nitrogens with one attached hydrogen (secondary N) is 2. The molecule has 0 aliphatic rings. The number of anilines is 2. The summed E-state index contributed by atoms with van der Waals surface area (Å²) in [5.41, 5.74) is 1.58. The summed E-state index contributed by atoms with van der Waals surface area (Å²) in [7, 11) is 0. The van der Waals surface area contributed by atoms with Crippen LogP contribution in [0, 0.1) is 11.3 Å². The molecule has 1 unspecified atom stereocenters. The Morgan fingerprint density at radius 2 is 2.18 bits per heavy atom. The number of nitrogens with zero attached hydrogens (tertiary/aromatic N) is 3. The second kappa shape index (κ2) is 7.18. The second-order valence-electron chi connectivity index (χ2n) is 4.89. The Balaban J connectivity index is 2.14. The lowest BCUT2D eigenvalue weighted by Gasteiger charge is -2.11. The Kier molecular flexibility index (Phi) is 5.04. The minimum Gasteiger partial charge on any atom is -0.348 e. The molecule has 6 heteroatoms. The largest absolute Gasteiger partial charge is 0.348 e. The number of rotatable bonds is 5. The van der Waals surface area contributed by atoms with Crippen molar-refractivity contribution in [3.05, 3.63) is 47.9 Å². The predicted octanol–water partition coefficient (Wildman–Crippen LogP) is 2.62. The molecule has 0 bridgehead atoms. The lowest BCUT2D eigenvalue weighted by Crippen LogP contribution is -2.32. The van der Waals surface area contributed by atoms with Crippen LogP contribution >= 0.6 is 0 Å². The van der Waals surface area contributed by atoms with Gasteiger partial charge in [-0.2, -0.15) is 5.26 Å². The number of hydrogen-bond acceptors (Lipinski definition) is 5. The van der Waals surface area contributed by atoms with E-state index in [1.807, 2.05) is 19.9 Å². The van der Waals surface area contributed by atoms with E-state index in [2.05, 4.69) is 26.7 Å². The van der Waals surface area contributed by atoms with Crippen molar-refractivity contribution in [2.45, 2.75) is 26.3 Å². The van der Waals surface area contributed by atoms with Gasteiger partial charge in [-0.3, -0.25) is 4.79 Å². The van der Waals surface area contributed by atoms with Gasteiger partial charge in [0.2, 0.25) is 0 Å². The first kappa shape index (κ1) is 15.4. The highest BCUT2D eigenvalue weighted by molar-refractivity contribution is 5.93. The monoisotopic (exact) mass is 295 g/mol. The molecule has 2 aromatic rings. The molecule has 0 saturated carbocycles. The maximum Gasteiger partial charge on any atom is 0.270 e. The molecule has 0 spiro atoms. The van der Waals surface area contributed by atoms with Gasteiger partial charge in [-0.15, -0.1) is 0 Å². The van der Waals surface area contributed by atoms with Crippen molar-refractivity contribution in [3.8, 4) is 6.07 Å². The van der Waals surface area contributed by atoms with Crippen molar-refractivity contribution in [1.29, 1.82) is 5.26 Å². The van der Waals surface area contributed by atoms with E-state index < -0.39 is 0 Å². The van der Waals surface area contributed by atoms with Crippen molar-refractivity contribution in [2.75, 3.05) is 5.32 Å². The van der Waals surface area contributed by atoms with Gasteiger partial charge in [0.25, 0.3) is 5.91 Å². The fraction of sp³-hybridized carbons (Fsp3) is 0.250. The standard InChI is InChI=1S/C16H17N5O/c1-3-11(2)20-16(22)14-8-15(19-10-18-14)21-13-6-4-5-12(7-13)9-17/h4-8,10-11H,3H2,1-2H3,(H,20,22)(H,18,19,21). The summed E-state index contributed by atoms with van der Waals surface area (Å²) in [4.78, 5) is 20.1. The summed E-state index contributed by atoms with van der Waals surface area (Å²) in [6.45, 7) is 3.94. The molecular formula is C16H17N5O. The van der Waals surface area contributed by atoms with Gasteiger partial charge in [0.15, 0.2) is 0 Å². The fourth-order valence-corrected chi connectivity index (χ4v) is 1.76. The molecule has 0 aliphatic carbocycles. The molecule has 1 aromatic heterocycles. The minimum absolute atomic E-state index is 0.0891. The molecule has 1 amide bonds. The molecule has 6 nitrogen and oxygen atoms in total. The number of nitriles is 1. The highest BCUT2D eigenvalue weighted by Crippen LogP contribution is 2.16. The molecule has 112 valence electrons. The van der Waals surface area contributed by atoms with E-state index in [-0.39, 0.29) is 11.9 Å². The summed E-state index contributed by atoms with van der Waals surface area (Å²) in [6, 6.07) is 10.8. The Morgan fingerprint density at radius 1 is 1.36 bits per heavy atom. The smallest absolute Gasteiger partial charge is 0.270 e. The van der Waals surface area contributed by atoms with Gasteiger partial charge in [-0.1, -0.05) is 13.0 Å². The predicted molar refractivity (Wildman–Crippen MR) is 83.7 cm³/mol. The van der Waals surface area contributed by atoms with Crippen LogP contribution in [-0.2, 0) is 0 Å². The van der Waals surface area contributed by atoms with E-state index in [1.54, 1.807) is 24.3 Å². The van der Waals surface area contributed by atoms with Crippen molar-refractivity contribution in [2.24, 2.45) is 0 Å². The average Bonchev–Trinajstić information content (AvgIpc) is 2.55. The maximum atomic E-state index is 12.0. The molecule has 0 radical (unpaired) electrons. The van der Waals surface area contributed by atoms with Crippen molar-refractivity contribution in [3.63, 3.8) is 0 Å². The molecule has 2 N–H and O–H groups in total. The van der Waals surface area contributed by atoms with Crippen LogP contribution in [0.15, 0.2) is 36.7 Å². The molecule has 22 heavy (non-hydrogen) atoms. The van der Waals surface area contributed by atoms with Crippen LogP contribution in [0.1, 0.15) is 36.3 Å². The zero-order valence-electron chi connectivity index (χ0n) is 12.5. The van der Waals surface area contributed by atoms with Crippen LogP contribution in [0.25, 0.3) is 0 Å². The molecular weight excluding hydrogens is 278 g/mol. The van der Waals surface area contributed by atoms with Gasteiger partial charge in [-0.25, -0.2) is 9.97 Å². The lowest BCUT2D eigenvalue weighted by atomic mass is 10.2. The summed E-state index contributed by atoms with van der Waals surface area (Å²) in [5, 5.41) is 14.8. The summed E-state index contributed by atoms with van der Waals surface area (Å²) < 4.78 is 0. The average molecular weight is 295 g/mol. The first-order valence-electron chi connectivity index (χ1n) is 7.02. The fourth-order valence-electron chi connectivity index (χ4n) is 1.76. The van der Waals surface area contributed by atoms with Crippen LogP contribution in [0.3, 0.4) is 0 Å². The molecule has 1 atom stereocenters. The molecule has 0 aliphatic heterocycles. The van der Waals surface area contributed by atoms with Gasteiger partial charge in [0.1, 0.15) is 17.8 Å². The van der Waals surface area contributed by atoms with Crippen molar-refractivity contribution >= 4 is 17.4 Å². The summed E-state index contributed by atoms with van der Waals surface area (Å²) >= 11 is 0. The van der Waals surface area contributed by atoms with Gasteiger partial charge in [0, 0.05) is 17.8 Å². The van der Waals surface area contributed by atoms with Crippen LogP contribution in [0.2, 0.25) is 0 Å². The van der Waals surface area contributed by atoms with E-state index in [0.29, 0.717) is 17.1 Å². The molecule has 1 aromatic carbocycles. The quantitative estimate of drug-likeness (QED) is 0.884. The van der Waals surface area contributed by atoms with Crippen molar-refractivity contribution in [1.82, 2.24) is 15.3 Å². The Labute approximate surface area is 129 Å². The maximum absolute atomic E-state index is 12.0. The van der Waals surface area contributed by atoms with Gasteiger partial charge >= 0.3 is 0 Å². The third-order valence-corrected chi connectivity index (χ3v) is 3.15. The molecule has 0 saturated heterocycles. The van der Waals surface area contributed by atoms with Gasteiger partial charge in [0.05, 0.1) is 11.6 Å². The van der Waals surface area contributed by atoms with E-state index in [0.717, 1.165) is 12.1 Å². The van der Waals surface area contributed by atoms with Crippen LogP contribution in [-0.4, -0.2) is 21.9 Å². The number of carbonyl (C=O) groups is 1. The second-order valence-corrected chi connectivity index (χ2v) is 4.89. The van der Waals surface area contributed by atoms with Gasteiger partial charge in [-0.05, 0) is 31.5 Å². The number of carbonyl (C=O) groups excluding carboxylic acids is 1. The highest BCUT2D eigenvalue weighted by atomic mass is 16.1. The normalized spacial score (nSPS) is 11.3. The first-order valence-corrected chi connectivity index (χ1v) is 7.02. The third-order valence-electron chi connectivity index (χ3n) is 3.15. The number of benzene rings is 1. The zero-order valence-corrected chi connectivity index (χ0v) is 12.5. The van der Waals surface area contributed by atoms with E-state index in [4.69, 9.17) is 5.26 Å². The highest BCUT2D eigenvalue weighted by Gasteiger charge is 2.11.